The van der Waals surface area contributed by atoms with E-state index in [2.05, 4.69) is 15.0 Å². The summed E-state index contributed by atoms with van der Waals surface area (Å²) < 4.78 is 22.2. The topological polar surface area (TPSA) is 131 Å². The van der Waals surface area contributed by atoms with E-state index >= 15 is 0 Å². The van der Waals surface area contributed by atoms with Crippen molar-refractivity contribution in [3.8, 4) is 22.9 Å². The van der Waals surface area contributed by atoms with Crippen LogP contribution in [-0.4, -0.2) is 37.2 Å². The summed E-state index contributed by atoms with van der Waals surface area (Å²) in [6.45, 7) is 4.83. The Balaban J connectivity index is 1.52. The molecular weight excluding hydrogens is 557 g/mol. The number of hydrogen-bond acceptors (Lipinski definition) is 8. The minimum absolute atomic E-state index is 0.0105. The number of nitriles is 1. The smallest absolute Gasteiger partial charge is 0.338 e. The molecular formula is C28H21ClFN5O4S. The van der Waals surface area contributed by atoms with Gasteiger partial charge in [-0.1, -0.05) is 11.6 Å². The number of pyridine rings is 2. The SMILES string of the molecule is Cc1cc(-c2cc(Cl)ccc2OCCn2c(C)nc3cnc(C(C)F)c(C#N)c3c2=O)c2scc(C(=O)O)c2n1. The van der Waals surface area contributed by atoms with Crippen LogP contribution in [0.1, 0.15) is 46.2 Å². The van der Waals surface area contributed by atoms with Crippen LogP contribution < -0.4 is 10.3 Å². The number of alkyl halides is 1. The Hall–Kier alpha value is -4.40. The summed E-state index contributed by atoms with van der Waals surface area (Å²) in [6.07, 6.45) is -0.229. The number of nitrogens with zero attached hydrogens (tertiary/aromatic N) is 5. The number of ether oxygens (including phenoxy) is 1. The van der Waals surface area contributed by atoms with Crippen molar-refractivity contribution in [2.45, 2.75) is 33.5 Å². The first-order valence-corrected chi connectivity index (χ1v) is 13.4. The fourth-order valence-electron chi connectivity index (χ4n) is 4.59. The standard InChI is InChI=1S/C28H21ClFN5O4S/c1-13-8-18(26-25(33-13)20(12-40-26)28(37)38)17-9-16(29)4-5-22(17)39-7-6-35-15(3)34-21-11-32-24(14(2)30)19(10-31)23(21)27(35)36/h4-5,8-9,11-12,14H,6-7H2,1-3H3,(H,37,38). The summed E-state index contributed by atoms with van der Waals surface area (Å²) in [6, 6.07) is 8.85. The molecule has 0 saturated carbocycles. The summed E-state index contributed by atoms with van der Waals surface area (Å²) in [5.74, 6) is -0.210. The van der Waals surface area contributed by atoms with E-state index in [0.29, 0.717) is 38.1 Å². The largest absolute Gasteiger partial charge is 0.491 e. The number of aromatic carboxylic acids is 1. The van der Waals surface area contributed by atoms with Crippen LogP contribution in [0.25, 0.3) is 32.2 Å². The Morgan fingerprint density at radius 1 is 1.27 bits per heavy atom. The van der Waals surface area contributed by atoms with Crippen molar-refractivity contribution in [3.63, 3.8) is 0 Å². The molecule has 40 heavy (non-hydrogen) atoms. The summed E-state index contributed by atoms with van der Waals surface area (Å²) in [4.78, 5) is 38.0. The normalized spacial score (nSPS) is 12.0. The number of aromatic nitrogens is 4. The average molecular weight is 578 g/mol. The zero-order valence-electron chi connectivity index (χ0n) is 21.5. The van der Waals surface area contributed by atoms with E-state index in [4.69, 9.17) is 16.3 Å². The van der Waals surface area contributed by atoms with Crippen LogP contribution >= 0.6 is 22.9 Å². The molecule has 0 fully saturated rings. The van der Waals surface area contributed by atoms with Crippen LogP contribution in [-0.2, 0) is 6.54 Å². The highest BCUT2D eigenvalue weighted by atomic mass is 35.5. The molecule has 0 spiro atoms. The number of hydrogen-bond donors (Lipinski definition) is 1. The monoisotopic (exact) mass is 577 g/mol. The summed E-state index contributed by atoms with van der Waals surface area (Å²) in [7, 11) is 0. The molecule has 0 bridgehead atoms. The number of carboxylic acid groups (broad SMARTS) is 1. The van der Waals surface area contributed by atoms with Gasteiger partial charge < -0.3 is 9.84 Å². The zero-order chi connectivity index (χ0) is 28.7. The molecule has 4 heterocycles. The summed E-state index contributed by atoms with van der Waals surface area (Å²) in [5.41, 5.74) is 1.97. The quantitative estimate of drug-likeness (QED) is 0.248. The summed E-state index contributed by atoms with van der Waals surface area (Å²) in [5, 5.41) is 21.3. The molecule has 12 heteroatoms. The lowest BCUT2D eigenvalue weighted by Crippen LogP contribution is -2.27. The molecule has 0 aliphatic carbocycles. The molecule has 5 aromatic rings. The molecule has 202 valence electrons. The minimum Gasteiger partial charge on any atom is -0.491 e. The highest BCUT2D eigenvalue weighted by molar-refractivity contribution is 7.18. The first kappa shape index (κ1) is 27.2. The van der Waals surface area contributed by atoms with Crippen molar-refractivity contribution >= 4 is 50.0 Å². The highest BCUT2D eigenvalue weighted by Crippen LogP contribution is 2.40. The number of carbonyl (C=O) groups is 1. The number of fused-ring (bicyclic) bond motifs is 2. The second-order valence-corrected chi connectivity index (χ2v) is 10.4. The molecule has 1 atom stereocenters. The van der Waals surface area contributed by atoms with Crippen LogP contribution in [0.5, 0.6) is 5.75 Å². The molecule has 9 nitrogen and oxygen atoms in total. The molecule has 0 saturated heterocycles. The second-order valence-electron chi connectivity index (χ2n) is 9.05. The van der Waals surface area contributed by atoms with Gasteiger partial charge in [-0.05, 0) is 45.0 Å². The second kappa shape index (κ2) is 10.6. The van der Waals surface area contributed by atoms with Crippen molar-refractivity contribution < 1.29 is 19.0 Å². The Morgan fingerprint density at radius 2 is 2.05 bits per heavy atom. The highest BCUT2D eigenvalue weighted by Gasteiger charge is 2.21. The number of carboxylic acids is 1. The first-order valence-electron chi connectivity index (χ1n) is 12.1. The Labute approximate surface area is 236 Å². The molecule has 5 rings (SSSR count). The van der Waals surface area contributed by atoms with Crippen molar-refractivity contribution in [2.75, 3.05) is 6.61 Å². The first-order chi connectivity index (χ1) is 19.1. The third-order valence-electron chi connectivity index (χ3n) is 6.39. The maximum absolute atomic E-state index is 14.1. The number of aryl methyl sites for hydroxylation is 2. The van der Waals surface area contributed by atoms with Gasteiger partial charge in [0.1, 0.15) is 30.4 Å². The number of rotatable bonds is 7. The van der Waals surface area contributed by atoms with Crippen LogP contribution in [0.3, 0.4) is 0 Å². The molecule has 0 aliphatic rings. The van der Waals surface area contributed by atoms with Gasteiger partial charge in [-0.3, -0.25) is 19.3 Å². The van der Waals surface area contributed by atoms with Crippen LogP contribution in [0.15, 0.2) is 40.6 Å². The van der Waals surface area contributed by atoms with E-state index < -0.39 is 17.7 Å². The molecule has 0 radical (unpaired) electrons. The number of thiophene rings is 1. The van der Waals surface area contributed by atoms with Gasteiger partial charge in [0.25, 0.3) is 5.56 Å². The third kappa shape index (κ3) is 4.76. The van der Waals surface area contributed by atoms with Crippen LogP contribution in [0.4, 0.5) is 4.39 Å². The van der Waals surface area contributed by atoms with Gasteiger partial charge in [0.2, 0.25) is 0 Å². The maximum atomic E-state index is 14.1. The van der Waals surface area contributed by atoms with E-state index in [9.17, 15) is 24.3 Å². The lowest BCUT2D eigenvalue weighted by molar-refractivity contribution is 0.0699. The van der Waals surface area contributed by atoms with Gasteiger partial charge in [0.05, 0.1) is 50.7 Å². The van der Waals surface area contributed by atoms with Gasteiger partial charge in [0, 0.05) is 27.2 Å². The average Bonchev–Trinajstić information content (AvgIpc) is 3.34. The van der Waals surface area contributed by atoms with Crippen LogP contribution in [0.2, 0.25) is 5.02 Å². The van der Waals surface area contributed by atoms with E-state index in [1.807, 2.05) is 12.1 Å². The van der Waals surface area contributed by atoms with Gasteiger partial charge in [0.15, 0.2) is 0 Å². The molecule has 1 aromatic carbocycles. The lowest BCUT2D eigenvalue weighted by Gasteiger charge is -2.16. The number of benzene rings is 1. The fourth-order valence-corrected chi connectivity index (χ4v) is 5.77. The van der Waals surface area contributed by atoms with Gasteiger partial charge in [-0.2, -0.15) is 5.26 Å². The molecule has 1 unspecified atom stereocenters. The lowest BCUT2D eigenvalue weighted by atomic mass is 10.0. The molecule has 1 N–H and O–H groups in total. The van der Waals surface area contributed by atoms with Gasteiger partial charge >= 0.3 is 5.97 Å². The van der Waals surface area contributed by atoms with Crippen LogP contribution in [0, 0.1) is 25.2 Å². The minimum atomic E-state index is -1.53. The predicted octanol–water partition coefficient (Wildman–Crippen LogP) is 6.02. The van der Waals surface area contributed by atoms with E-state index in [-0.39, 0.29) is 40.9 Å². The van der Waals surface area contributed by atoms with Gasteiger partial charge in [-0.15, -0.1) is 11.3 Å². The molecule has 0 aliphatic heterocycles. The van der Waals surface area contributed by atoms with Gasteiger partial charge in [-0.25, -0.2) is 14.2 Å². The zero-order valence-corrected chi connectivity index (χ0v) is 23.1. The molecule has 4 aromatic heterocycles. The van der Waals surface area contributed by atoms with E-state index in [0.717, 1.165) is 5.56 Å². The van der Waals surface area contributed by atoms with E-state index in [1.165, 1.54) is 29.0 Å². The van der Waals surface area contributed by atoms with Crippen molar-refractivity contribution in [3.05, 3.63) is 79.6 Å². The Morgan fingerprint density at radius 3 is 2.75 bits per heavy atom. The third-order valence-corrected chi connectivity index (χ3v) is 7.63. The number of halogens is 2. The van der Waals surface area contributed by atoms with Crippen molar-refractivity contribution in [1.29, 1.82) is 5.26 Å². The maximum Gasteiger partial charge on any atom is 0.338 e. The summed E-state index contributed by atoms with van der Waals surface area (Å²) >= 11 is 7.60. The molecule has 0 amide bonds. The predicted molar refractivity (Wildman–Crippen MR) is 150 cm³/mol. The Kier molecular flexibility index (Phi) is 7.23. The fraction of sp³-hybridized carbons (Fsp3) is 0.214. The van der Waals surface area contributed by atoms with E-state index in [1.54, 1.807) is 37.4 Å². The van der Waals surface area contributed by atoms with Crippen molar-refractivity contribution in [1.82, 2.24) is 19.5 Å². The Bertz CT molecular complexity index is 1930. The van der Waals surface area contributed by atoms with Crippen molar-refractivity contribution in [2.24, 2.45) is 0 Å².